The molecule has 0 amide bonds. The van der Waals surface area contributed by atoms with Crippen LogP contribution in [-0.4, -0.2) is 40.7 Å². The second-order valence-corrected chi connectivity index (χ2v) is 14.8. The lowest BCUT2D eigenvalue weighted by molar-refractivity contribution is -0.831. The summed E-state index contributed by atoms with van der Waals surface area (Å²) in [7, 11) is 0. The molecule has 0 saturated heterocycles. The van der Waals surface area contributed by atoms with E-state index in [0.717, 1.165) is 96.5 Å². The number of hydrogen-bond acceptors (Lipinski definition) is 4. The number of unbranched alkanes of at least 4 members (excludes halogenated alkanes) is 2. The summed E-state index contributed by atoms with van der Waals surface area (Å²) in [5.74, 6) is 1.54. The lowest BCUT2D eigenvalue weighted by Crippen LogP contribution is -2.59. The second-order valence-electron chi connectivity index (χ2n) is 14.8. The van der Waals surface area contributed by atoms with Crippen molar-refractivity contribution in [3.05, 3.63) is 105 Å². The number of fused-ring (bicyclic) bond motifs is 5. The van der Waals surface area contributed by atoms with E-state index in [1.807, 2.05) is 12.1 Å². The zero-order chi connectivity index (χ0) is 36.2. The summed E-state index contributed by atoms with van der Waals surface area (Å²) < 4.78 is 18.4. The molecular weight excluding hydrogens is 633 g/mol. The summed E-state index contributed by atoms with van der Waals surface area (Å²) in [4.78, 5) is 7.21. The van der Waals surface area contributed by atoms with Gasteiger partial charge in [-0.15, -0.1) is 0 Å². The van der Waals surface area contributed by atoms with Gasteiger partial charge < -0.3 is 19.2 Å². The molecule has 3 aliphatic heterocycles. The predicted molar refractivity (Wildman–Crippen MR) is 198 cm³/mol. The van der Waals surface area contributed by atoms with Gasteiger partial charge in [-0.3, -0.25) is 0 Å². The SMILES string of the molecule is [C-]#[N+]CCCC(C)(CCC[N+]#[C-])c1cc(C)c2c(c1)C=[N+]1c3ccccc3[N+]3=Cc4cc(C(C)(CCCC#N)CCCC#N)cc(C)c4OC31O2. The normalized spacial score (nSPS) is 16.5. The Labute approximate surface area is 302 Å². The maximum absolute atomic E-state index is 9.26. The lowest BCUT2D eigenvalue weighted by Gasteiger charge is -2.33. The highest BCUT2D eigenvalue weighted by atomic mass is 16.7. The third kappa shape index (κ3) is 6.49. The highest BCUT2D eigenvalue weighted by Gasteiger charge is 2.72. The van der Waals surface area contributed by atoms with Crippen LogP contribution in [0.4, 0.5) is 11.4 Å². The summed E-state index contributed by atoms with van der Waals surface area (Å²) in [6, 6.07) is 20.4. The van der Waals surface area contributed by atoms with E-state index in [2.05, 4.69) is 108 Å². The fourth-order valence-corrected chi connectivity index (χ4v) is 8.17. The van der Waals surface area contributed by atoms with Crippen LogP contribution in [-0.2, 0) is 10.8 Å². The molecule has 3 aromatic carbocycles. The number of ether oxygens (including phenoxy) is 2. The van der Waals surface area contributed by atoms with Crippen molar-refractivity contribution in [3.63, 3.8) is 0 Å². The van der Waals surface area contributed by atoms with E-state index >= 15 is 0 Å². The van der Waals surface area contributed by atoms with E-state index in [4.69, 9.17) is 22.6 Å². The van der Waals surface area contributed by atoms with Gasteiger partial charge in [-0.1, -0.05) is 38.1 Å². The number of para-hydroxylation sites is 2. The van der Waals surface area contributed by atoms with Gasteiger partial charge in [0.25, 0.3) is 11.4 Å². The number of aryl methyl sites for hydroxylation is 2. The van der Waals surface area contributed by atoms with Crippen LogP contribution in [0.2, 0.25) is 0 Å². The van der Waals surface area contributed by atoms with Gasteiger partial charge in [-0.25, -0.2) is 13.1 Å². The van der Waals surface area contributed by atoms with Gasteiger partial charge in [0.2, 0.25) is 13.1 Å². The first kappa shape index (κ1) is 35.4. The van der Waals surface area contributed by atoms with Gasteiger partial charge in [0.05, 0.1) is 23.3 Å². The van der Waals surface area contributed by atoms with Gasteiger partial charge >= 0.3 is 6.03 Å². The molecule has 3 aromatic rings. The van der Waals surface area contributed by atoms with Crippen LogP contribution in [0.25, 0.3) is 9.69 Å². The minimum Gasteiger partial charge on any atom is -0.340 e. The Morgan fingerprint density at radius 3 is 1.49 bits per heavy atom. The van der Waals surface area contributed by atoms with Crippen molar-refractivity contribution >= 4 is 23.8 Å². The molecule has 1 unspecified atom stereocenters. The maximum Gasteiger partial charge on any atom is 0.715 e. The number of nitrogens with zero attached hydrogens (tertiary/aromatic N) is 6. The first-order valence-corrected chi connectivity index (χ1v) is 18.1. The Kier molecular flexibility index (Phi) is 10.0. The summed E-state index contributed by atoms with van der Waals surface area (Å²) in [6.07, 6.45) is 12.0. The van der Waals surface area contributed by atoms with Crippen LogP contribution in [0.15, 0.2) is 48.5 Å². The average Bonchev–Trinajstić information content (AvgIpc) is 3.39. The minimum absolute atomic E-state index is 0.173. The molecule has 0 bridgehead atoms. The first-order chi connectivity index (χ1) is 24.6. The monoisotopic (exact) mass is 678 g/mol. The Morgan fingerprint density at radius 1 is 0.686 bits per heavy atom. The standard InChI is InChI=1S/C43H46N6O2/c1-31-25-35(41(3,17-9-11-21-44)18-10-12-22-45)27-33-29-48-37-15-7-8-16-38(37)49-30-34-28-36(42(4,19-13-23-46-5)20-14-24-47-6)26-32(2)40(34)51-43(48,49)50-39(31)33/h7-8,15-16,25-30H,9-14,17-20,23-24H2,1-4H3/q+2. The van der Waals surface area contributed by atoms with Crippen LogP contribution < -0.4 is 9.47 Å². The molecule has 1 atom stereocenters. The lowest BCUT2D eigenvalue weighted by atomic mass is 9.73. The largest absolute Gasteiger partial charge is 0.715 e. The molecule has 258 valence electrons. The molecule has 51 heavy (non-hydrogen) atoms. The third-order valence-corrected chi connectivity index (χ3v) is 11.0. The van der Waals surface area contributed by atoms with Crippen molar-refractivity contribution in [1.29, 1.82) is 10.5 Å². The second kappa shape index (κ2) is 14.4. The molecule has 0 radical (unpaired) electrons. The Hall–Kier alpha value is -5.44. The molecular formula is C43H46N6O2+2. The van der Waals surface area contributed by atoms with E-state index in [0.29, 0.717) is 25.9 Å². The van der Waals surface area contributed by atoms with Crippen molar-refractivity contribution < 1.29 is 18.6 Å². The van der Waals surface area contributed by atoms with E-state index in [9.17, 15) is 10.5 Å². The van der Waals surface area contributed by atoms with Gasteiger partial charge in [0.15, 0.2) is 23.9 Å². The molecule has 0 saturated carbocycles. The van der Waals surface area contributed by atoms with E-state index in [1.165, 1.54) is 11.1 Å². The number of benzene rings is 3. The molecule has 3 heterocycles. The van der Waals surface area contributed by atoms with Crippen molar-refractivity contribution in [2.24, 2.45) is 0 Å². The van der Waals surface area contributed by atoms with Gasteiger partial charge in [0.1, 0.15) is 0 Å². The van der Waals surface area contributed by atoms with Crippen molar-refractivity contribution in [3.8, 4) is 23.6 Å². The molecule has 3 aliphatic rings. The van der Waals surface area contributed by atoms with Crippen LogP contribution >= 0.6 is 0 Å². The Bertz CT molecular complexity index is 1890. The number of rotatable bonds is 14. The smallest absolute Gasteiger partial charge is 0.340 e. The Morgan fingerprint density at radius 2 is 1.10 bits per heavy atom. The topological polar surface area (TPSA) is 80.8 Å². The van der Waals surface area contributed by atoms with Crippen LogP contribution in [0.1, 0.15) is 111 Å². The molecule has 0 aliphatic carbocycles. The van der Waals surface area contributed by atoms with E-state index < -0.39 is 6.03 Å². The zero-order valence-corrected chi connectivity index (χ0v) is 30.3. The fraction of sp³-hybridized carbons (Fsp3) is 0.442. The highest BCUT2D eigenvalue weighted by molar-refractivity contribution is 5.87. The highest BCUT2D eigenvalue weighted by Crippen LogP contribution is 2.51. The summed E-state index contributed by atoms with van der Waals surface area (Å²) in [5, 5.41) is 18.5. The minimum atomic E-state index is -1.29. The fourth-order valence-electron chi connectivity index (χ4n) is 8.17. The van der Waals surface area contributed by atoms with Gasteiger partial charge in [0, 0.05) is 37.8 Å². The summed E-state index contributed by atoms with van der Waals surface area (Å²) in [6.45, 7) is 24.3. The van der Waals surface area contributed by atoms with Crippen LogP contribution in [0.3, 0.4) is 0 Å². The molecule has 0 fully saturated rings. The molecule has 8 nitrogen and oxygen atoms in total. The molecule has 0 aromatic heterocycles. The van der Waals surface area contributed by atoms with Crippen LogP contribution in [0, 0.1) is 49.7 Å². The van der Waals surface area contributed by atoms with Crippen molar-refractivity contribution in [2.75, 3.05) is 13.1 Å². The van der Waals surface area contributed by atoms with E-state index in [1.54, 1.807) is 0 Å². The van der Waals surface area contributed by atoms with Gasteiger partial charge in [-0.2, -0.15) is 10.5 Å². The third-order valence-electron chi connectivity index (χ3n) is 11.0. The number of nitriles is 2. The zero-order valence-electron chi connectivity index (χ0n) is 30.3. The number of hydrogen-bond donors (Lipinski definition) is 0. The maximum atomic E-state index is 9.26. The molecule has 0 N–H and O–H groups in total. The predicted octanol–water partition coefficient (Wildman–Crippen LogP) is 9.54. The molecule has 8 heteroatoms. The Balaban J connectivity index is 1.44. The van der Waals surface area contributed by atoms with Crippen LogP contribution in [0.5, 0.6) is 11.5 Å². The quantitative estimate of drug-likeness (QED) is 0.0966. The average molecular weight is 679 g/mol. The van der Waals surface area contributed by atoms with Crippen molar-refractivity contribution in [1.82, 2.24) is 0 Å². The summed E-state index contributed by atoms with van der Waals surface area (Å²) in [5.41, 5.74) is 7.94. The van der Waals surface area contributed by atoms with E-state index in [-0.39, 0.29) is 10.8 Å². The van der Waals surface area contributed by atoms with Crippen molar-refractivity contribution in [2.45, 2.75) is 109 Å². The summed E-state index contributed by atoms with van der Waals surface area (Å²) >= 11 is 0. The molecule has 6 rings (SSSR count). The molecule has 1 spiro atoms. The first-order valence-electron chi connectivity index (χ1n) is 18.1. The van der Waals surface area contributed by atoms with Gasteiger partial charge in [-0.05, 0) is 107 Å².